The molecular weight excluding hydrogens is 116 g/mol. The molecule has 0 atom stereocenters. The van der Waals surface area contributed by atoms with Gasteiger partial charge in [-0.15, -0.1) is 0 Å². The second-order valence-corrected chi connectivity index (χ2v) is 1.15. The summed E-state index contributed by atoms with van der Waals surface area (Å²) < 4.78 is 0. The maximum absolute atomic E-state index is 6.00. The molecule has 1 aromatic rings. The highest BCUT2D eigenvalue weighted by molar-refractivity contribution is 4.99. The first-order valence-electron chi connectivity index (χ1n) is 2.20. The highest BCUT2D eigenvalue weighted by Gasteiger charge is 1.57. The van der Waals surface area contributed by atoms with Crippen LogP contribution in [0.4, 0.5) is 0 Å². The molecule has 2 N–H and O–H groups in total. The number of hydrogen-bond acceptors (Lipinski definition) is 2. The molecule has 0 aliphatic heterocycles. The smallest absolute Gasteiger partial charge is 0 e. The molecule has 1 aromatic carbocycles. The van der Waals surface area contributed by atoms with Gasteiger partial charge in [-0.05, 0) is 0 Å². The molecule has 0 saturated heterocycles. The molecule has 0 radical (unpaired) electrons. The van der Waals surface area contributed by atoms with Crippen molar-refractivity contribution in [2.75, 3.05) is 0 Å². The second kappa shape index (κ2) is 9.78. The highest BCUT2D eigenvalue weighted by Crippen LogP contribution is 1.79. The molecule has 0 amide bonds. The van der Waals surface area contributed by atoms with Crippen molar-refractivity contribution in [2.24, 2.45) is 0 Å². The molecule has 0 aromatic heterocycles. The fourth-order valence-electron chi connectivity index (χ4n) is 0.385. The van der Waals surface area contributed by atoms with Gasteiger partial charge in [0.25, 0.3) is 0 Å². The molecular formula is C6H8N2O. The summed E-state index contributed by atoms with van der Waals surface area (Å²) in [5, 5.41) is 12.0. The van der Waals surface area contributed by atoms with Crippen molar-refractivity contribution < 1.29 is 5.48 Å². The van der Waals surface area contributed by atoms with Crippen LogP contribution in [0.25, 0.3) is 0 Å². The van der Waals surface area contributed by atoms with Crippen molar-refractivity contribution in [2.45, 2.75) is 0 Å². The topological polar surface area (TPSA) is 79.1 Å². The van der Waals surface area contributed by atoms with E-state index in [1.54, 1.807) is 0 Å². The Labute approximate surface area is 53.7 Å². The summed E-state index contributed by atoms with van der Waals surface area (Å²) in [6.07, 6.45) is 0. The van der Waals surface area contributed by atoms with Crippen LogP contribution in [0.2, 0.25) is 0 Å². The zero-order chi connectivity index (χ0) is 6.24. The Bertz CT molecular complexity index is 112. The Balaban J connectivity index is 0. The first kappa shape index (κ1) is 10.6. The van der Waals surface area contributed by atoms with E-state index in [9.17, 15) is 0 Å². The van der Waals surface area contributed by atoms with Gasteiger partial charge in [0, 0.05) is 10.8 Å². The van der Waals surface area contributed by atoms with Crippen molar-refractivity contribution in [1.29, 1.82) is 10.8 Å². The predicted octanol–water partition coefficient (Wildman–Crippen LogP) is 0.892. The SMILES string of the molecule is N#N.O.c1ccccc1. The van der Waals surface area contributed by atoms with Gasteiger partial charge < -0.3 is 5.48 Å². The van der Waals surface area contributed by atoms with Crippen molar-refractivity contribution >= 4 is 0 Å². The maximum atomic E-state index is 6.00. The lowest BCUT2D eigenvalue weighted by Gasteiger charge is -1.69. The molecule has 1 rings (SSSR count). The fourth-order valence-corrected chi connectivity index (χ4v) is 0.385. The maximum Gasteiger partial charge on any atom is 0 e. The lowest BCUT2D eigenvalue weighted by molar-refractivity contribution is 0.824. The van der Waals surface area contributed by atoms with Crippen LogP contribution >= 0.6 is 0 Å². The largest absolute Gasteiger partial charge is 0.412 e. The quantitative estimate of drug-likeness (QED) is 0.481. The van der Waals surface area contributed by atoms with E-state index >= 15 is 0 Å². The molecule has 48 valence electrons. The normalized spacial score (nSPS) is 5.56. The first-order valence-corrected chi connectivity index (χ1v) is 2.20. The van der Waals surface area contributed by atoms with Crippen LogP contribution in [-0.4, -0.2) is 5.48 Å². The van der Waals surface area contributed by atoms with Gasteiger partial charge in [-0.3, -0.25) is 0 Å². The van der Waals surface area contributed by atoms with Crippen molar-refractivity contribution in [3.63, 3.8) is 0 Å². The van der Waals surface area contributed by atoms with Crippen LogP contribution < -0.4 is 0 Å². The third-order valence-corrected chi connectivity index (χ3v) is 0.667. The average Bonchev–Trinajstić information content (AvgIpc) is 1.96. The van der Waals surface area contributed by atoms with Crippen LogP contribution in [0, 0.1) is 10.8 Å². The number of rotatable bonds is 0. The molecule has 3 nitrogen and oxygen atoms in total. The monoisotopic (exact) mass is 124 g/mol. The average molecular weight is 124 g/mol. The van der Waals surface area contributed by atoms with Crippen molar-refractivity contribution in [3.05, 3.63) is 36.4 Å². The summed E-state index contributed by atoms with van der Waals surface area (Å²) in [6.45, 7) is 0. The lowest BCUT2D eigenvalue weighted by atomic mass is 10.4. The molecule has 0 saturated carbocycles. The Morgan fingerprint density at radius 3 is 0.778 bits per heavy atom. The van der Waals surface area contributed by atoms with E-state index in [1.807, 2.05) is 36.4 Å². The number of nitrogens with zero attached hydrogens (tertiary/aromatic N) is 2. The molecule has 3 heteroatoms. The van der Waals surface area contributed by atoms with E-state index < -0.39 is 0 Å². The molecule has 0 unspecified atom stereocenters. The number of hydrogen-bond donors (Lipinski definition) is 0. The number of benzene rings is 1. The van der Waals surface area contributed by atoms with E-state index in [0.29, 0.717) is 0 Å². The summed E-state index contributed by atoms with van der Waals surface area (Å²) in [7, 11) is 0. The third-order valence-electron chi connectivity index (χ3n) is 0.667. The summed E-state index contributed by atoms with van der Waals surface area (Å²) in [6, 6.07) is 12.0. The molecule has 0 aliphatic carbocycles. The van der Waals surface area contributed by atoms with Gasteiger partial charge in [0.1, 0.15) is 0 Å². The van der Waals surface area contributed by atoms with Gasteiger partial charge in [0.05, 0.1) is 0 Å². The molecule has 0 spiro atoms. The predicted molar refractivity (Wildman–Crippen MR) is 33.5 cm³/mol. The molecule has 0 fully saturated rings. The van der Waals surface area contributed by atoms with Crippen molar-refractivity contribution in [1.82, 2.24) is 0 Å². The summed E-state index contributed by atoms with van der Waals surface area (Å²) in [4.78, 5) is 0. The van der Waals surface area contributed by atoms with E-state index in [-0.39, 0.29) is 5.48 Å². The van der Waals surface area contributed by atoms with Gasteiger partial charge in [-0.2, -0.15) is 0 Å². The lowest BCUT2D eigenvalue weighted by Crippen LogP contribution is -1.47. The zero-order valence-corrected chi connectivity index (χ0v) is 4.86. The second-order valence-electron chi connectivity index (χ2n) is 1.15. The van der Waals surface area contributed by atoms with Crippen LogP contribution in [-0.2, 0) is 0 Å². The Morgan fingerprint density at radius 1 is 0.556 bits per heavy atom. The molecule has 0 bridgehead atoms. The van der Waals surface area contributed by atoms with Gasteiger partial charge in [0.15, 0.2) is 0 Å². The summed E-state index contributed by atoms with van der Waals surface area (Å²) in [5.74, 6) is 0. The van der Waals surface area contributed by atoms with E-state index in [1.165, 1.54) is 0 Å². The Morgan fingerprint density at radius 2 is 0.667 bits per heavy atom. The molecule has 9 heavy (non-hydrogen) atoms. The molecule has 0 heterocycles. The van der Waals surface area contributed by atoms with Crippen molar-refractivity contribution in [3.8, 4) is 0 Å². The standard InChI is InChI=1S/C6H6.N2.H2O/c1-2-4-6-5-3-1;1-2;/h1-6H;;1H2. The Hall–Kier alpha value is -1.40. The van der Waals surface area contributed by atoms with Crippen LogP contribution in [0.5, 0.6) is 0 Å². The van der Waals surface area contributed by atoms with E-state index in [4.69, 9.17) is 10.8 Å². The minimum absolute atomic E-state index is 0. The summed E-state index contributed by atoms with van der Waals surface area (Å²) >= 11 is 0. The Kier molecular flexibility index (Phi) is 11.5. The minimum Gasteiger partial charge on any atom is -0.412 e. The van der Waals surface area contributed by atoms with E-state index in [2.05, 4.69) is 0 Å². The van der Waals surface area contributed by atoms with E-state index in [0.717, 1.165) is 0 Å². The summed E-state index contributed by atoms with van der Waals surface area (Å²) in [5.41, 5.74) is 0. The van der Waals surface area contributed by atoms with Gasteiger partial charge in [-0.25, -0.2) is 0 Å². The fraction of sp³-hybridized carbons (Fsp3) is 0. The third kappa shape index (κ3) is 6.60. The minimum atomic E-state index is 0. The first-order chi connectivity index (χ1) is 4.00. The molecule has 0 aliphatic rings. The van der Waals surface area contributed by atoms with Crippen LogP contribution in [0.3, 0.4) is 0 Å². The van der Waals surface area contributed by atoms with Crippen LogP contribution in [0.15, 0.2) is 36.4 Å². The van der Waals surface area contributed by atoms with Crippen LogP contribution in [0.1, 0.15) is 0 Å². The van der Waals surface area contributed by atoms with Gasteiger partial charge in [0.2, 0.25) is 0 Å². The zero-order valence-electron chi connectivity index (χ0n) is 4.86. The van der Waals surface area contributed by atoms with Gasteiger partial charge >= 0.3 is 0 Å². The highest BCUT2D eigenvalue weighted by atomic mass is 16.0. The van der Waals surface area contributed by atoms with Gasteiger partial charge in [-0.1, -0.05) is 36.4 Å².